The predicted octanol–water partition coefficient (Wildman–Crippen LogP) is 3.70. The van der Waals surface area contributed by atoms with Crippen molar-refractivity contribution in [2.75, 3.05) is 33.1 Å². The molecule has 162 valence electrons. The summed E-state index contributed by atoms with van der Waals surface area (Å²) in [5.74, 6) is -1.68. The Kier molecular flexibility index (Phi) is 5.18. The molecule has 0 unspecified atom stereocenters. The van der Waals surface area contributed by atoms with Crippen LogP contribution >= 0.6 is 0 Å². The van der Waals surface area contributed by atoms with Gasteiger partial charge in [0.05, 0.1) is 17.2 Å². The van der Waals surface area contributed by atoms with E-state index in [1.807, 2.05) is 74.1 Å². The van der Waals surface area contributed by atoms with Crippen molar-refractivity contribution in [2.24, 2.45) is 0 Å². The Morgan fingerprint density at radius 2 is 1.62 bits per heavy atom. The Morgan fingerprint density at radius 3 is 2.25 bits per heavy atom. The third-order valence-corrected chi connectivity index (χ3v) is 5.49. The number of aromatic carboxylic acids is 2. The monoisotopic (exact) mass is 431 g/mol. The van der Waals surface area contributed by atoms with Crippen LogP contribution in [0.15, 0.2) is 59.0 Å². The Morgan fingerprint density at radius 1 is 0.875 bits per heavy atom. The fourth-order valence-electron chi connectivity index (χ4n) is 3.78. The van der Waals surface area contributed by atoms with Gasteiger partial charge in [-0.05, 0) is 42.0 Å². The van der Waals surface area contributed by atoms with E-state index in [9.17, 15) is 19.8 Å². The van der Waals surface area contributed by atoms with Crippen LogP contribution in [-0.2, 0) is 0 Å². The zero-order valence-corrected chi connectivity index (χ0v) is 18.2. The number of nitrogens with zero attached hydrogens (tertiary/aromatic N) is 2. The molecule has 2 aromatic rings. The number of hydrogen-bond acceptors (Lipinski definition) is 4. The summed E-state index contributed by atoms with van der Waals surface area (Å²) in [6.07, 6.45) is 0. The van der Waals surface area contributed by atoms with Crippen molar-refractivity contribution in [3.05, 3.63) is 71.1 Å². The lowest BCUT2D eigenvalue weighted by Crippen LogP contribution is -2.21. The second-order valence-corrected chi connectivity index (χ2v) is 8.00. The molecule has 0 saturated carbocycles. The molecule has 0 bridgehead atoms. The number of carboxylic acids is 2. The van der Waals surface area contributed by atoms with Crippen LogP contribution in [0.3, 0.4) is 0 Å². The van der Waals surface area contributed by atoms with Gasteiger partial charge in [-0.3, -0.25) is 0 Å². The third kappa shape index (κ3) is 3.58. The van der Waals surface area contributed by atoms with Crippen LogP contribution in [0.25, 0.3) is 33.4 Å². The van der Waals surface area contributed by atoms with Crippen molar-refractivity contribution in [1.29, 1.82) is 0 Å². The number of rotatable bonds is 4. The molecule has 0 atom stereocenters. The van der Waals surface area contributed by atoms with Crippen molar-refractivity contribution >= 4 is 28.6 Å². The Bertz CT molecular complexity index is 1430. The fraction of sp³-hybridized carbons (Fsp3) is 0.160. The number of carboxylic acid groups (broad SMARTS) is 2. The molecule has 1 heterocycles. The molecule has 1 aliphatic heterocycles. The minimum absolute atomic E-state index is 0.0157. The van der Waals surface area contributed by atoms with Gasteiger partial charge >= 0.3 is 11.9 Å². The summed E-state index contributed by atoms with van der Waals surface area (Å²) < 4.78 is 8.20. The maximum atomic E-state index is 12.1. The zero-order valence-electron chi connectivity index (χ0n) is 18.2. The van der Waals surface area contributed by atoms with Crippen molar-refractivity contribution in [3.63, 3.8) is 0 Å². The molecule has 2 aromatic carbocycles. The van der Waals surface area contributed by atoms with Gasteiger partial charge in [-0.2, -0.15) is 0 Å². The Labute approximate surface area is 184 Å². The molecule has 0 radical (unpaired) electrons. The van der Waals surface area contributed by atoms with Crippen LogP contribution < -0.4 is 14.8 Å². The van der Waals surface area contributed by atoms with Crippen molar-refractivity contribution in [1.82, 2.24) is 4.58 Å². The summed E-state index contributed by atoms with van der Waals surface area (Å²) in [5, 5.41) is 21.0. The molecule has 2 aliphatic rings. The van der Waals surface area contributed by atoms with E-state index in [1.54, 1.807) is 0 Å². The zero-order chi connectivity index (χ0) is 23.2. The van der Waals surface area contributed by atoms with Crippen molar-refractivity contribution in [3.8, 4) is 22.5 Å². The maximum Gasteiger partial charge on any atom is 0.336 e. The number of carbonyl (C=O) groups is 2. The quantitative estimate of drug-likeness (QED) is 0.378. The van der Waals surface area contributed by atoms with Crippen LogP contribution in [0.4, 0.5) is 5.69 Å². The highest BCUT2D eigenvalue weighted by atomic mass is 16.4. The number of benzene rings is 3. The maximum absolute atomic E-state index is 12.1. The highest BCUT2D eigenvalue weighted by Crippen LogP contribution is 2.42. The predicted molar refractivity (Wildman–Crippen MR) is 124 cm³/mol. The van der Waals surface area contributed by atoms with Gasteiger partial charge in [-0.15, -0.1) is 0 Å². The molecule has 0 spiro atoms. The van der Waals surface area contributed by atoms with E-state index >= 15 is 0 Å². The highest BCUT2D eigenvalue weighted by molar-refractivity contribution is 6.09. The van der Waals surface area contributed by atoms with Crippen LogP contribution in [0.5, 0.6) is 0 Å². The summed E-state index contributed by atoms with van der Waals surface area (Å²) in [7, 11) is 7.69. The number of fused-ring (bicyclic) bond motifs is 2. The Hall–Kier alpha value is -4.13. The average molecular weight is 431 g/mol. The van der Waals surface area contributed by atoms with Gasteiger partial charge in [0.15, 0.2) is 0 Å². The smallest absolute Gasteiger partial charge is 0.336 e. The lowest BCUT2D eigenvalue weighted by atomic mass is 9.89. The van der Waals surface area contributed by atoms with E-state index in [0.29, 0.717) is 33.4 Å². The van der Waals surface area contributed by atoms with Gasteiger partial charge < -0.3 is 19.5 Å². The first kappa shape index (κ1) is 21.1. The summed E-state index contributed by atoms with van der Waals surface area (Å²) >= 11 is 0. The van der Waals surface area contributed by atoms with Crippen molar-refractivity contribution in [2.45, 2.75) is 0 Å². The minimum Gasteiger partial charge on any atom is -0.478 e. The molecular weight excluding hydrogens is 408 g/mol. The number of hydrogen-bond donors (Lipinski definition) is 2. The van der Waals surface area contributed by atoms with Gasteiger partial charge in [0.1, 0.15) is 25.4 Å². The van der Waals surface area contributed by atoms with Crippen LogP contribution in [0.1, 0.15) is 20.7 Å². The molecule has 7 nitrogen and oxygen atoms in total. The second kappa shape index (κ2) is 7.85. The third-order valence-electron chi connectivity index (χ3n) is 5.49. The van der Waals surface area contributed by atoms with Gasteiger partial charge in [0, 0.05) is 48.4 Å². The van der Waals surface area contributed by atoms with Crippen LogP contribution in [0.2, 0.25) is 0 Å². The molecule has 2 N–H and O–H groups in total. The van der Waals surface area contributed by atoms with E-state index in [-0.39, 0.29) is 11.1 Å². The van der Waals surface area contributed by atoms with Crippen LogP contribution in [0, 0.1) is 0 Å². The molecule has 7 heteroatoms. The van der Waals surface area contributed by atoms with Gasteiger partial charge in [0.25, 0.3) is 0 Å². The fourth-order valence-corrected chi connectivity index (χ4v) is 3.78. The summed E-state index contributed by atoms with van der Waals surface area (Å²) in [4.78, 5) is 25.7. The summed E-state index contributed by atoms with van der Waals surface area (Å²) in [5.41, 5.74) is 3.19. The van der Waals surface area contributed by atoms with E-state index in [0.717, 1.165) is 11.0 Å². The van der Waals surface area contributed by atoms with Crippen molar-refractivity contribution < 1.29 is 24.2 Å². The highest BCUT2D eigenvalue weighted by Gasteiger charge is 2.23. The number of anilines is 1. The van der Waals surface area contributed by atoms with E-state index < -0.39 is 11.9 Å². The summed E-state index contributed by atoms with van der Waals surface area (Å²) in [6.45, 7) is 0. The molecule has 1 aliphatic carbocycles. The largest absolute Gasteiger partial charge is 0.478 e. The second-order valence-electron chi connectivity index (χ2n) is 8.00. The Balaban J connectivity index is 2.21. The topological polar surface area (TPSA) is 94.0 Å². The van der Waals surface area contributed by atoms with Crippen LogP contribution in [-0.4, -0.2) is 50.3 Å². The molecule has 32 heavy (non-hydrogen) atoms. The molecule has 4 rings (SSSR count). The first-order valence-electron chi connectivity index (χ1n) is 9.96. The lowest BCUT2D eigenvalue weighted by molar-refractivity contribution is 0.0682. The van der Waals surface area contributed by atoms with Gasteiger partial charge in [-0.1, -0.05) is 0 Å². The van der Waals surface area contributed by atoms with Gasteiger partial charge in [0.2, 0.25) is 5.36 Å². The average Bonchev–Trinajstić information content (AvgIpc) is 2.75. The SMILES string of the molecule is CN(C)c1ccc2c(-c3cc(C(=O)O)ccc3C(=O)O)c3ccc(=[N+](C)C)cc-3oc2c1. The molecule has 0 fully saturated rings. The first-order chi connectivity index (χ1) is 15.2. The molecule has 0 saturated heterocycles. The minimum atomic E-state index is -1.13. The first-order valence-corrected chi connectivity index (χ1v) is 9.96. The van der Waals surface area contributed by atoms with E-state index in [4.69, 9.17) is 4.42 Å². The summed E-state index contributed by atoms with van der Waals surface area (Å²) in [6, 6.07) is 15.4. The van der Waals surface area contributed by atoms with Gasteiger partial charge in [-0.25, -0.2) is 14.2 Å². The normalized spacial score (nSPS) is 11.0. The van der Waals surface area contributed by atoms with E-state index in [2.05, 4.69) is 0 Å². The molecule has 0 amide bonds. The van der Waals surface area contributed by atoms with E-state index in [1.165, 1.54) is 18.2 Å². The molecular formula is C25H23N2O5+. The lowest BCUT2D eigenvalue weighted by Gasteiger charge is -2.19. The molecule has 0 aromatic heterocycles. The standard InChI is InChI=1S/C25H22N2O5/c1-26(2)15-6-9-18-21(12-15)32-22-13-16(27(3)4)7-10-19(22)23(18)20-11-14(24(28)29)5-8-17(20)25(30)31/h5-13H,1-4H3,(H-,28,29,30,31)/p+1.